The third-order valence-corrected chi connectivity index (χ3v) is 13.0. The Morgan fingerprint density at radius 3 is 2.36 bits per heavy atom. The summed E-state index contributed by atoms with van der Waals surface area (Å²) in [5, 5.41) is 9.17. The van der Waals surface area contributed by atoms with E-state index in [-0.39, 0.29) is 5.41 Å². The van der Waals surface area contributed by atoms with E-state index in [1.807, 2.05) is 6.08 Å². The Morgan fingerprint density at radius 2 is 1.67 bits per heavy atom. The van der Waals surface area contributed by atoms with E-state index < -0.39 is 5.97 Å². The van der Waals surface area contributed by atoms with Gasteiger partial charge in [-0.1, -0.05) is 40.7 Å². The molecule has 0 aliphatic heterocycles. The van der Waals surface area contributed by atoms with E-state index in [0.717, 1.165) is 37.5 Å². The van der Waals surface area contributed by atoms with Gasteiger partial charge in [-0.3, -0.25) is 4.79 Å². The normalized spacial score (nSPS) is 48.8. The van der Waals surface area contributed by atoms with E-state index in [0.29, 0.717) is 44.9 Å². The molecular weight excluding hydrogens is 408 g/mol. The fourth-order valence-corrected chi connectivity index (χ4v) is 11.0. The average molecular weight is 455 g/mol. The molecular formula is C30H46O3. The molecule has 0 aromatic heterocycles. The van der Waals surface area contributed by atoms with Crippen molar-refractivity contribution in [3.05, 3.63) is 11.6 Å². The zero-order valence-electron chi connectivity index (χ0n) is 21.9. The van der Waals surface area contributed by atoms with Crippen LogP contribution in [-0.2, 0) is 9.59 Å². The molecule has 0 bridgehead atoms. The molecule has 5 aliphatic carbocycles. The topological polar surface area (TPSA) is 54.4 Å². The molecule has 0 heterocycles. The van der Waals surface area contributed by atoms with Gasteiger partial charge in [-0.15, -0.1) is 0 Å². The lowest BCUT2D eigenvalue weighted by molar-refractivity contribution is -0.157. The van der Waals surface area contributed by atoms with Crippen LogP contribution >= 0.6 is 0 Å². The summed E-state index contributed by atoms with van der Waals surface area (Å²) >= 11 is 0. The third-order valence-electron chi connectivity index (χ3n) is 13.0. The van der Waals surface area contributed by atoms with E-state index in [1.165, 1.54) is 44.9 Å². The lowest BCUT2D eigenvalue weighted by atomic mass is 9.42. The Kier molecular flexibility index (Phi) is 5.15. The van der Waals surface area contributed by atoms with Gasteiger partial charge in [-0.25, -0.2) is 4.79 Å². The molecule has 8 atom stereocenters. The van der Waals surface area contributed by atoms with Crippen molar-refractivity contribution in [2.45, 2.75) is 112 Å². The van der Waals surface area contributed by atoms with Gasteiger partial charge in [0.15, 0.2) is 0 Å². The summed E-state index contributed by atoms with van der Waals surface area (Å²) in [5.41, 5.74) is 2.14. The first-order valence-electron chi connectivity index (χ1n) is 13.8. The van der Waals surface area contributed by atoms with Gasteiger partial charge >= 0.3 is 5.97 Å². The van der Waals surface area contributed by atoms with Gasteiger partial charge in [0, 0.05) is 17.4 Å². The Labute approximate surface area is 201 Å². The van der Waals surface area contributed by atoms with Crippen LogP contribution in [0.15, 0.2) is 11.6 Å². The van der Waals surface area contributed by atoms with Crippen LogP contribution in [0.5, 0.6) is 0 Å². The number of carbonyl (C=O) groups is 2. The summed E-state index contributed by atoms with van der Waals surface area (Å²) in [7, 11) is 0. The molecule has 5 rings (SSSR count). The zero-order valence-corrected chi connectivity index (χ0v) is 21.9. The molecule has 0 aromatic carbocycles. The number of aliphatic carboxylic acids is 1. The molecule has 2 spiro atoms. The van der Waals surface area contributed by atoms with Gasteiger partial charge in [0.1, 0.15) is 5.78 Å². The van der Waals surface area contributed by atoms with Crippen molar-refractivity contribution >= 4 is 11.8 Å². The number of Topliss-reactive ketones (excluding diaryl/α,β-unsaturated/α-hetero) is 1. The number of hydrogen-bond donors (Lipinski definition) is 1. The van der Waals surface area contributed by atoms with Crippen LogP contribution in [-0.4, -0.2) is 16.9 Å². The number of allylic oxidation sites excluding steroid dienone is 1. The number of carboxylic acids is 1. The fraction of sp³-hybridized carbons (Fsp3) is 0.867. The molecule has 5 fully saturated rings. The number of hydrogen-bond acceptors (Lipinski definition) is 2. The van der Waals surface area contributed by atoms with Gasteiger partial charge in [0.05, 0.1) is 0 Å². The maximum Gasteiger partial charge on any atom is 0.330 e. The standard InChI is InChI=1S/C30H46O3/c1-19(8-7-9-20(2)25(32)33)21-12-14-28(6)23-11-10-22-26(3,4)24(31)13-15-29(22)18-30(23,29)17-16-27(21,28)5/h9,19,21-23H,7-8,10-18H2,1-6H3,(H,32,33)/b20-9+. The van der Waals surface area contributed by atoms with Gasteiger partial charge in [-0.2, -0.15) is 0 Å². The Hall–Kier alpha value is -1.12. The second-order valence-corrected chi connectivity index (χ2v) is 14.0. The summed E-state index contributed by atoms with van der Waals surface area (Å²) in [6, 6.07) is 0. The summed E-state index contributed by atoms with van der Waals surface area (Å²) in [6.07, 6.45) is 15.3. The first kappa shape index (κ1) is 23.6. The molecule has 5 saturated carbocycles. The minimum absolute atomic E-state index is 0.122. The highest BCUT2D eigenvalue weighted by Crippen LogP contribution is 2.88. The molecule has 5 aliphatic rings. The van der Waals surface area contributed by atoms with Crippen LogP contribution in [0, 0.1) is 50.7 Å². The van der Waals surface area contributed by atoms with Gasteiger partial charge in [0.25, 0.3) is 0 Å². The van der Waals surface area contributed by atoms with Crippen molar-refractivity contribution in [2.75, 3.05) is 0 Å². The maximum atomic E-state index is 12.8. The monoisotopic (exact) mass is 454 g/mol. The number of carboxylic acid groups (broad SMARTS) is 1. The summed E-state index contributed by atoms with van der Waals surface area (Å²) in [6.45, 7) is 13.9. The second kappa shape index (κ2) is 7.20. The van der Waals surface area contributed by atoms with Gasteiger partial charge in [0.2, 0.25) is 0 Å². The molecule has 0 amide bonds. The van der Waals surface area contributed by atoms with Crippen molar-refractivity contribution in [3.8, 4) is 0 Å². The Balaban J connectivity index is 1.37. The molecule has 8 unspecified atom stereocenters. The van der Waals surface area contributed by atoms with Crippen LogP contribution in [0.1, 0.15) is 112 Å². The second-order valence-electron chi connectivity index (χ2n) is 14.0. The first-order valence-corrected chi connectivity index (χ1v) is 13.8. The molecule has 3 nitrogen and oxygen atoms in total. The van der Waals surface area contributed by atoms with Gasteiger partial charge < -0.3 is 5.11 Å². The molecule has 1 N–H and O–H groups in total. The molecule has 0 aromatic rings. The third kappa shape index (κ3) is 2.86. The zero-order chi connectivity index (χ0) is 24.0. The highest BCUT2D eigenvalue weighted by molar-refractivity contribution is 5.86. The Bertz CT molecular complexity index is 900. The van der Waals surface area contributed by atoms with E-state index in [9.17, 15) is 9.59 Å². The number of rotatable bonds is 5. The first-order chi connectivity index (χ1) is 15.4. The quantitative estimate of drug-likeness (QED) is 0.439. The van der Waals surface area contributed by atoms with E-state index in [1.54, 1.807) is 6.92 Å². The van der Waals surface area contributed by atoms with Crippen molar-refractivity contribution in [2.24, 2.45) is 50.7 Å². The van der Waals surface area contributed by atoms with E-state index in [2.05, 4.69) is 34.6 Å². The smallest absolute Gasteiger partial charge is 0.330 e. The summed E-state index contributed by atoms with van der Waals surface area (Å²) in [4.78, 5) is 24.0. The summed E-state index contributed by atoms with van der Waals surface area (Å²) < 4.78 is 0. The Morgan fingerprint density at radius 1 is 1.00 bits per heavy atom. The maximum absolute atomic E-state index is 12.8. The highest BCUT2D eigenvalue weighted by Gasteiger charge is 2.82. The molecule has 184 valence electrons. The molecule has 3 heteroatoms. The van der Waals surface area contributed by atoms with Crippen molar-refractivity contribution in [1.82, 2.24) is 0 Å². The fourth-order valence-electron chi connectivity index (χ4n) is 11.0. The van der Waals surface area contributed by atoms with E-state index >= 15 is 0 Å². The predicted molar refractivity (Wildman–Crippen MR) is 132 cm³/mol. The SMILES string of the molecule is C/C(=C\CCC(C)C1CCC2(C)C3CCC4C(C)(C)C(=O)CCC45CC35CCC12C)C(=O)O. The van der Waals surface area contributed by atoms with Crippen molar-refractivity contribution < 1.29 is 14.7 Å². The number of fused-ring (bicyclic) bond motifs is 2. The van der Waals surface area contributed by atoms with Crippen LogP contribution < -0.4 is 0 Å². The van der Waals surface area contributed by atoms with Gasteiger partial charge in [-0.05, 0) is 116 Å². The van der Waals surface area contributed by atoms with Crippen LogP contribution in [0.4, 0.5) is 0 Å². The minimum atomic E-state index is -0.790. The lowest BCUT2D eigenvalue weighted by Gasteiger charge is -2.62. The summed E-state index contributed by atoms with van der Waals surface area (Å²) in [5.74, 6) is 2.55. The van der Waals surface area contributed by atoms with Crippen molar-refractivity contribution in [1.29, 1.82) is 0 Å². The predicted octanol–water partition coefficient (Wildman–Crippen LogP) is 7.44. The minimum Gasteiger partial charge on any atom is -0.478 e. The van der Waals surface area contributed by atoms with Crippen LogP contribution in [0.2, 0.25) is 0 Å². The molecule has 33 heavy (non-hydrogen) atoms. The molecule has 0 saturated heterocycles. The average Bonchev–Trinajstić information content (AvgIpc) is 3.33. The number of ketones is 1. The molecule has 0 radical (unpaired) electrons. The van der Waals surface area contributed by atoms with Crippen LogP contribution in [0.25, 0.3) is 0 Å². The van der Waals surface area contributed by atoms with Crippen molar-refractivity contribution in [3.63, 3.8) is 0 Å². The van der Waals surface area contributed by atoms with Crippen LogP contribution in [0.3, 0.4) is 0 Å². The highest BCUT2D eigenvalue weighted by atomic mass is 16.4. The number of carbonyl (C=O) groups excluding carboxylic acids is 1. The van der Waals surface area contributed by atoms with E-state index in [4.69, 9.17) is 5.11 Å². The largest absolute Gasteiger partial charge is 0.478 e. The lowest BCUT2D eigenvalue weighted by Crippen LogP contribution is -2.57.